The third kappa shape index (κ3) is 6.29. The molecule has 0 aliphatic rings. The van der Waals surface area contributed by atoms with Crippen molar-refractivity contribution in [3.8, 4) is 0 Å². The van der Waals surface area contributed by atoms with Gasteiger partial charge in [-0.15, -0.1) is 11.8 Å². The Morgan fingerprint density at radius 2 is 1.67 bits per heavy atom. The molecule has 0 saturated heterocycles. The topological polar surface area (TPSA) is 70.2 Å². The van der Waals surface area contributed by atoms with E-state index >= 15 is 0 Å². The number of benzene rings is 2. The molecule has 0 aliphatic carbocycles. The number of aryl methyl sites for hydroxylation is 1. The van der Waals surface area contributed by atoms with Crippen LogP contribution in [0.1, 0.15) is 12.0 Å². The summed E-state index contributed by atoms with van der Waals surface area (Å²) < 4.78 is 12.8. The number of hydrogen-bond donors (Lipinski definition) is 3. The van der Waals surface area contributed by atoms with Crippen LogP contribution in [0.15, 0.2) is 53.4 Å². The number of amides is 3. The van der Waals surface area contributed by atoms with Crippen LogP contribution < -0.4 is 16.2 Å². The zero-order valence-corrected chi connectivity index (χ0v) is 14.0. The standard InChI is InChI=1S/C17H18FN3O2S/c1-12-2-6-14(7-3-12)19-17(23)21-20-16(22)10-11-24-15-8-4-13(18)5-9-15/h2-9H,10-11H2,1H3,(H,20,22)(H2,19,21,23). The van der Waals surface area contributed by atoms with Gasteiger partial charge in [0.2, 0.25) is 5.91 Å². The lowest BCUT2D eigenvalue weighted by molar-refractivity contribution is -0.121. The van der Waals surface area contributed by atoms with Crippen molar-refractivity contribution in [2.24, 2.45) is 0 Å². The molecule has 0 atom stereocenters. The van der Waals surface area contributed by atoms with Crippen molar-refractivity contribution in [1.82, 2.24) is 10.9 Å². The van der Waals surface area contributed by atoms with Crippen molar-refractivity contribution < 1.29 is 14.0 Å². The predicted molar refractivity (Wildman–Crippen MR) is 93.2 cm³/mol. The van der Waals surface area contributed by atoms with E-state index < -0.39 is 6.03 Å². The fourth-order valence-electron chi connectivity index (χ4n) is 1.78. The fraction of sp³-hybridized carbons (Fsp3) is 0.176. The van der Waals surface area contributed by atoms with Crippen LogP contribution in [-0.4, -0.2) is 17.7 Å². The first kappa shape index (κ1) is 17.8. The highest BCUT2D eigenvalue weighted by molar-refractivity contribution is 7.99. The van der Waals surface area contributed by atoms with E-state index in [1.165, 1.54) is 23.9 Å². The van der Waals surface area contributed by atoms with Gasteiger partial charge in [-0.2, -0.15) is 0 Å². The average Bonchev–Trinajstić information content (AvgIpc) is 2.57. The first-order valence-corrected chi connectivity index (χ1v) is 8.32. The number of hydrazine groups is 1. The van der Waals surface area contributed by atoms with E-state index in [-0.39, 0.29) is 18.1 Å². The summed E-state index contributed by atoms with van der Waals surface area (Å²) in [5.74, 6) is -0.0665. The van der Waals surface area contributed by atoms with Gasteiger partial charge < -0.3 is 5.32 Å². The molecule has 0 aliphatic heterocycles. The second-order valence-electron chi connectivity index (χ2n) is 5.05. The molecule has 2 aromatic rings. The van der Waals surface area contributed by atoms with Crippen LogP contribution in [0.25, 0.3) is 0 Å². The number of thioether (sulfide) groups is 1. The van der Waals surface area contributed by atoms with Crippen LogP contribution in [0.2, 0.25) is 0 Å². The van der Waals surface area contributed by atoms with Gasteiger partial charge in [0.05, 0.1) is 0 Å². The highest BCUT2D eigenvalue weighted by atomic mass is 32.2. The molecule has 3 N–H and O–H groups in total. The molecule has 0 heterocycles. The van der Waals surface area contributed by atoms with Gasteiger partial charge in [-0.25, -0.2) is 14.6 Å². The number of carbonyl (C=O) groups excluding carboxylic acids is 2. The fourth-order valence-corrected chi connectivity index (χ4v) is 2.63. The summed E-state index contributed by atoms with van der Waals surface area (Å²) in [5.41, 5.74) is 6.36. The van der Waals surface area contributed by atoms with E-state index in [4.69, 9.17) is 0 Å². The first-order chi connectivity index (χ1) is 11.5. The van der Waals surface area contributed by atoms with Gasteiger partial charge in [0.15, 0.2) is 0 Å². The van der Waals surface area contributed by atoms with Crippen LogP contribution in [-0.2, 0) is 4.79 Å². The molecule has 5 nitrogen and oxygen atoms in total. The number of nitrogens with one attached hydrogen (secondary N) is 3. The molecule has 24 heavy (non-hydrogen) atoms. The van der Waals surface area contributed by atoms with Crippen LogP contribution in [0.5, 0.6) is 0 Å². The Hall–Kier alpha value is -2.54. The monoisotopic (exact) mass is 347 g/mol. The molecular weight excluding hydrogens is 329 g/mol. The normalized spacial score (nSPS) is 10.1. The van der Waals surface area contributed by atoms with Crippen LogP contribution in [0.4, 0.5) is 14.9 Å². The quantitative estimate of drug-likeness (QED) is 0.573. The molecule has 7 heteroatoms. The summed E-state index contributed by atoms with van der Waals surface area (Å²) in [7, 11) is 0. The molecular formula is C17H18FN3O2S. The van der Waals surface area contributed by atoms with Gasteiger partial charge in [-0.05, 0) is 43.3 Å². The summed E-state index contributed by atoms with van der Waals surface area (Å²) in [4.78, 5) is 24.2. The van der Waals surface area contributed by atoms with E-state index in [9.17, 15) is 14.0 Å². The van der Waals surface area contributed by atoms with Gasteiger partial charge in [0.25, 0.3) is 0 Å². The largest absolute Gasteiger partial charge is 0.337 e. The number of anilines is 1. The number of hydrogen-bond acceptors (Lipinski definition) is 3. The van der Waals surface area contributed by atoms with Crippen molar-refractivity contribution in [2.75, 3.05) is 11.1 Å². The third-order valence-electron chi connectivity index (χ3n) is 3.04. The number of carbonyl (C=O) groups is 2. The minimum absolute atomic E-state index is 0.229. The maximum atomic E-state index is 12.8. The summed E-state index contributed by atoms with van der Waals surface area (Å²) in [6, 6.07) is 12.8. The predicted octanol–water partition coefficient (Wildman–Crippen LogP) is 3.47. The zero-order valence-electron chi connectivity index (χ0n) is 13.1. The molecule has 0 spiro atoms. The molecule has 0 aromatic heterocycles. The summed E-state index contributed by atoms with van der Waals surface area (Å²) >= 11 is 1.44. The Labute approximate surface area is 144 Å². The highest BCUT2D eigenvalue weighted by Crippen LogP contribution is 2.18. The Balaban J connectivity index is 1.64. The van der Waals surface area contributed by atoms with Gasteiger partial charge in [-0.3, -0.25) is 10.2 Å². The number of rotatable bonds is 5. The minimum atomic E-state index is -0.515. The van der Waals surface area contributed by atoms with Crippen molar-refractivity contribution in [2.45, 2.75) is 18.2 Å². The second-order valence-corrected chi connectivity index (χ2v) is 6.21. The summed E-state index contributed by atoms with van der Waals surface area (Å²) in [6.07, 6.45) is 0.229. The van der Waals surface area contributed by atoms with Crippen molar-refractivity contribution in [3.05, 3.63) is 59.9 Å². The lowest BCUT2D eigenvalue weighted by Crippen LogP contribution is -2.44. The van der Waals surface area contributed by atoms with Gasteiger partial charge >= 0.3 is 6.03 Å². The van der Waals surface area contributed by atoms with Gasteiger partial charge in [0, 0.05) is 22.8 Å². The summed E-state index contributed by atoms with van der Waals surface area (Å²) in [5, 5.41) is 2.61. The van der Waals surface area contributed by atoms with E-state index in [0.717, 1.165) is 10.5 Å². The van der Waals surface area contributed by atoms with E-state index in [2.05, 4.69) is 16.2 Å². The van der Waals surface area contributed by atoms with Crippen LogP contribution >= 0.6 is 11.8 Å². The lowest BCUT2D eigenvalue weighted by atomic mass is 10.2. The van der Waals surface area contributed by atoms with Gasteiger partial charge in [-0.1, -0.05) is 17.7 Å². The number of urea groups is 1. The minimum Gasteiger partial charge on any atom is -0.307 e. The van der Waals surface area contributed by atoms with Gasteiger partial charge in [0.1, 0.15) is 5.82 Å². The zero-order chi connectivity index (χ0) is 17.4. The van der Waals surface area contributed by atoms with E-state index in [1.807, 2.05) is 19.1 Å². The maximum absolute atomic E-state index is 12.8. The Morgan fingerprint density at radius 1 is 1.00 bits per heavy atom. The molecule has 2 aromatic carbocycles. The molecule has 2 rings (SSSR count). The maximum Gasteiger partial charge on any atom is 0.337 e. The van der Waals surface area contributed by atoms with E-state index in [1.54, 1.807) is 24.3 Å². The van der Waals surface area contributed by atoms with Crippen molar-refractivity contribution in [1.29, 1.82) is 0 Å². The Kier molecular flexibility index (Phi) is 6.62. The van der Waals surface area contributed by atoms with Crippen LogP contribution in [0, 0.1) is 12.7 Å². The van der Waals surface area contributed by atoms with Crippen molar-refractivity contribution >= 4 is 29.4 Å². The highest BCUT2D eigenvalue weighted by Gasteiger charge is 2.05. The van der Waals surface area contributed by atoms with Crippen LogP contribution in [0.3, 0.4) is 0 Å². The lowest BCUT2D eigenvalue weighted by Gasteiger charge is -2.09. The van der Waals surface area contributed by atoms with E-state index in [0.29, 0.717) is 11.4 Å². The molecule has 0 radical (unpaired) electrons. The molecule has 0 saturated carbocycles. The average molecular weight is 347 g/mol. The third-order valence-corrected chi connectivity index (χ3v) is 4.05. The molecule has 126 valence electrons. The molecule has 3 amide bonds. The second kappa shape index (κ2) is 8.93. The summed E-state index contributed by atoms with van der Waals surface area (Å²) in [6.45, 7) is 1.95. The smallest absolute Gasteiger partial charge is 0.307 e. The Morgan fingerprint density at radius 3 is 2.33 bits per heavy atom. The first-order valence-electron chi connectivity index (χ1n) is 7.34. The SMILES string of the molecule is Cc1ccc(NC(=O)NNC(=O)CCSc2ccc(F)cc2)cc1. The number of halogens is 1. The Bertz CT molecular complexity index is 690. The molecule has 0 unspecified atom stereocenters. The molecule has 0 bridgehead atoms. The molecule has 0 fully saturated rings. The van der Waals surface area contributed by atoms with Crippen molar-refractivity contribution in [3.63, 3.8) is 0 Å².